The fraction of sp³-hybridized carbons (Fsp3) is 1.00. The van der Waals surface area contributed by atoms with Crippen molar-refractivity contribution in [3.05, 3.63) is 0 Å². The molecule has 1 nitrogen and oxygen atoms in total. The van der Waals surface area contributed by atoms with Crippen LogP contribution >= 0.6 is 0 Å². The van der Waals surface area contributed by atoms with Gasteiger partial charge in [-0.15, -0.1) is 0 Å². The van der Waals surface area contributed by atoms with Crippen LogP contribution in [-0.2, 0) is 0 Å². The van der Waals surface area contributed by atoms with Crippen LogP contribution in [0.2, 0.25) is 5.31 Å². The first-order valence-electron chi connectivity index (χ1n) is 13.6. The van der Waals surface area contributed by atoms with Gasteiger partial charge in [0, 0.05) is 0 Å². The second-order valence-corrected chi connectivity index (χ2v) is 10.1. The summed E-state index contributed by atoms with van der Waals surface area (Å²) in [7, 11) is 2.58. The maximum absolute atomic E-state index is 5.64. The molecular formula is C27H54BN. The van der Waals surface area contributed by atoms with E-state index < -0.39 is 0 Å². The predicted molar refractivity (Wildman–Crippen MR) is 133 cm³/mol. The van der Waals surface area contributed by atoms with E-state index in [2.05, 4.69) is 48.6 Å². The summed E-state index contributed by atoms with van der Waals surface area (Å²) in [4.78, 5) is 5.64. The second-order valence-electron chi connectivity index (χ2n) is 10.1. The van der Waals surface area contributed by atoms with E-state index in [4.69, 9.17) is 4.90 Å². The molecule has 0 aliphatic carbocycles. The molecule has 0 aromatic carbocycles. The normalized spacial score (nSPS) is 18.8. The van der Waals surface area contributed by atoms with E-state index >= 15 is 0 Å². The molecule has 29 heavy (non-hydrogen) atoms. The number of nitrogens with zero attached hydrogens (tertiary/aromatic N) is 1. The van der Waals surface area contributed by atoms with E-state index in [9.17, 15) is 0 Å². The summed E-state index contributed by atoms with van der Waals surface area (Å²) < 4.78 is 0. The van der Waals surface area contributed by atoms with Gasteiger partial charge in [-0.25, -0.2) is 0 Å². The van der Waals surface area contributed by atoms with Crippen LogP contribution in [0, 0.1) is 5.41 Å². The molecule has 2 heteroatoms. The monoisotopic (exact) mass is 403 g/mol. The average Bonchev–Trinajstić information content (AvgIpc) is 3.00. The number of hydrogen-bond donors (Lipinski definition) is 0. The van der Waals surface area contributed by atoms with Crippen molar-refractivity contribution in [2.24, 2.45) is 10.3 Å². The van der Waals surface area contributed by atoms with E-state index in [-0.39, 0.29) is 5.54 Å². The van der Waals surface area contributed by atoms with Crippen molar-refractivity contribution in [1.29, 1.82) is 0 Å². The van der Waals surface area contributed by atoms with Gasteiger partial charge in [0.05, 0.1) is 0 Å². The summed E-state index contributed by atoms with van der Waals surface area (Å²) in [5, 5.41) is 0.352. The Bertz CT molecular complexity index is 386. The third-order valence-corrected chi connectivity index (χ3v) is 8.16. The van der Waals surface area contributed by atoms with Gasteiger partial charge in [0.2, 0.25) is 0 Å². The predicted octanol–water partition coefficient (Wildman–Crippen LogP) is 9.91. The molecule has 0 saturated heterocycles. The molecular weight excluding hydrogens is 349 g/mol. The van der Waals surface area contributed by atoms with Gasteiger partial charge in [-0.3, -0.25) is 0 Å². The van der Waals surface area contributed by atoms with E-state index in [1.54, 1.807) is 0 Å². The van der Waals surface area contributed by atoms with Crippen molar-refractivity contribution >= 4 is 7.07 Å². The van der Waals surface area contributed by atoms with Crippen molar-refractivity contribution in [2.45, 2.75) is 168 Å². The number of hydrogen-bond acceptors (Lipinski definition) is 1. The first kappa shape index (κ1) is 26.9. The molecule has 0 spiro atoms. The molecule has 1 aliphatic rings. The zero-order valence-electron chi connectivity index (χ0n) is 21.3. The number of rotatable bonds is 18. The standard InChI is InChI=1S/C27H54BN/c1-7-13-19-25(20-14-8-2)26(21-15-9-3,22-16-10-4)28-29-27(25,23-17-11-5)24-18-12-6/h7-24H2,1-6H3. The van der Waals surface area contributed by atoms with E-state index in [0.29, 0.717) is 10.7 Å². The fourth-order valence-electron chi connectivity index (χ4n) is 6.39. The second kappa shape index (κ2) is 14.0. The maximum atomic E-state index is 5.64. The summed E-state index contributed by atoms with van der Waals surface area (Å²) >= 11 is 0. The summed E-state index contributed by atoms with van der Waals surface area (Å²) in [6.45, 7) is 14.3. The van der Waals surface area contributed by atoms with Gasteiger partial charge in [-0.05, 0) is 0 Å². The fourth-order valence-corrected chi connectivity index (χ4v) is 6.39. The molecule has 1 heterocycles. The van der Waals surface area contributed by atoms with Crippen LogP contribution in [0.25, 0.3) is 0 Å². The van der Waals surface area contributed by atoms with Crippen molar-refractivity contribution in [3.63, 3.8) is 0 Å². The molecule has 0 fully saturated rings. The third-order valence-electron chi connectivity index (χ3n) is 8.16. The Labute approximate surface area is 185 Å². The van der Waals surface area contributed by atoms with Crippen molar-refractivity contribution in [3.8, 4) is 0 Å². The molecule has 170 valence electrons. The summed E-state index contributed by atoms with van der Waals surface area (Å²) in [5.74, 6) is 0. The Morgan fingerprint density at radius 3 is 1.21 bits per heavy atom. The van der Waals surface area contributed by atoms with Gasteiger partial charge in [0.1, 0.15) is 0 Å². The molecule has 0 radical (unpaired) electrons. The van der Waals surface area contributed by atoms with Crippen LogP contribution in [0.5, 0.6) is 0 Å². The van der Waals surface area contributed by atoms with Gasteiger partial charge >= 0.3 is 185 Å². The van der Waals surface area contributed by atoms with Crippen LogP contribution in [0.15, 0.2) is 4.90 Å². The minimum atomic E-state index is 0.213. The quantitative estimate of drug-likeness (QED) is 0.202. The Hall–Kier alpha value is -0.135. The molecule has 1 aliphatic heterocycles. The SMILES string of the molecule is CCCCC1(CCCC)B=NC(CCCC)(CCCC)C1(CCCC)CCCC. The van der Waals surface area contributed by atoms with Crippen LogP contribution in [-0.4, -0.2) is 12.6 Å². The first-order valence-corrected chi connectivity index (χ1v) is 13.6. The van der Waals surface area contributed by atoms with E-state index in [1.807, 2.05) is 0 Å². The first-order chi connectivity index (χ1) is 14.1. The topological polar surface area (TPSA) is 12.4 Å². The van der Waals surface area contributed by atoms with E-state index in [1.165, 1.54) is 116 Å². The molecule has 0 aromatic heterocycles. The van der Waals surface area contributed by atoms with Crippen LogP contribution in [0.3, 0.4) is 0 Å². The Kier molecular flexibility index (Phi) is 13.0. The molecule has 0 saturated carbocycles. The van der Waals surface area contributed by atoms with Gasteiger partial charge in [-0.2, -0.15) is 0 Å². The van der Waals surface area contributed by atoms with Crippen LogP contribution < -0.4 is 0 Å². The zero-order valence-corrected chi connectivity index (χ0v) is 21.3. The minimum absolute atomic E-state index is 0.213. The molecule has 0 atom stereocenters. The molecule has 0 unspecified atom stereocenters. The average molecular weight is 404 g/mol. The molecule has 1 rings (SSSR count). The van der Waals surface area contributed by atoms with Crippen LogP contribution in [0.4, 0.5) is 0 Å². The van der Waals surface area contributed by atoms with Crippen molar-refractivity contribution in [2.75, 3.05) is 0 Å². The van der Waals surface area contributed by atoms with Crippen molar-refractivity contribution in [1.82, 2.24) is 0 Å². The summed E-state index contributed by atoms with van der Waals surface area (Å²) in [5.41, 5.74) is 0.617. The van der Waals surface area contributed by atoms with Crippen LogP contribution in [0.1, 0.15) is 157 Å². The summed E-state index contributed by atoms with van der Waals surface area (Å²) in [6, 6.07) is 0. The van der Waals surface area contributed by atoms with Gasteiger partial charge in [-0.1, -0.05) is 0 Å². The molecule has 0 bridgehead atoms. The van der Waals surface area contributed by atoms with Gasteiger partial charge in [0.15, 0.2) is 0 Å². The molecule has 0 amide bonds. The van der Waals surface area contributed by atoms with E-state index in [0.717, 1.165) is 0 Å². The Morgan fingerprint density at radius 2 is 0.828 bits per heavy atom. The third kappa shape index (κ3) is 6.19. The van der Waals surface area contributed by atoms with Gasteiger partial charge in [0.25, 0.3) is 0 Å². The number of unbranched alkanes of at least 4 members (excludes halogenated alkanes) is 6. The Morgan fingerprint density at radius 1 is 0.483 bits per heavy atom. The summed E-state index contributed by atoms with van der Waals surface area (Å²) in [6.07, 6.45) is 24.3. The van der Waals surface area contributed by atoms with Crippen molar-refractivity contribution < 1.29 is 0 Å². The molecule has 0 aromatic rings. The Balaban J connectivity index is 3.54. The zero-order chi connectivity index (χ0) is 21.6. The van der Waals surface area contributed by atoms with Gasteiger partial charge < -0.3 is 0 Å². The molecule has 0 N–H and O–H groups in total.